The summed E-state index contributed by atoms with van der Waals surface area (Å²) < 4.78 is 8.16. The second kappa shape index (κ2) is 9.70. The van der Waals surface area contributed by atoms with Gasteiger partial charge in [-0.25, -0.2) is 9.97 Å². The molecular weight excluding hydrogens is 450 g/mol. The molecule has 36 heavy (non-hydrogen) atoms. The number of aryl methyl sites for hydroxylation is 1. The van der Waals surface area contributed by atoms with E-state index in [1.807, 2.05) is 18.2 Å². The van der Waals surface area contributed by atoms with Crippen LogP contribution in [0.5, 0.6) is 5.75 Å². The van der Waals surface area contributed by atoms with Crippen molar-refractivity contribution in [3.63, 3.8) is 0 Å². The third kappa shape index (κ3) is 4.33. The van der Waals surface area contributed by atoms with Crippen LogP contribution >= 0.6 is 0 Å². The average molecular weight is 486 g/mol. The summed E-state index contributed by atoms with van der Waals surface area (Å²) in [5.41, 5.74) is 13.6. The molecule has 2 aromatic heterocycles. The molecule has 0 saturated carbocycles. The molecule has 188 valence electrons. The fourth-order valence-electron chi connectivity index (χ4n) is 5.29. The van der Waals surface area contributed by atoms with Crippen molar-refractivity contribution >= 4 is 33.9 Å². The molecule has 0 radical (unpaired) electrons. The largest absolute Gasteiger partial charge is 0.494 e. The van der Waals surface area contributed by atoms with Gasteiger partial charge in [0.1, 0.15) is 5.75 Å². The Morgan fingerprint density at radius 1 is 1.17 bits per heavy atom. The zero-order valence-electron chi connectivity index (χ0n) is 21.7. The van der Waals surface area contributed by atoms with Crippen LogP contribution < -0.4 is 20.7 Å². The Morgan fingerprint density at radius 3 is 2.75 bits per heavy atom. The number of benzene rings is 2. The molecule has 0 saturated heterocycles. The number of nitrogens with zero attached hydrogens (tertiary/aromatic N) is 5. The fraction of sp³-hybridized carbons (Fsp3) is 0.357. The SMILES string of the molecule is COc1cc(N(C)C(C)CN(C)C)c(N)cc1Nc1nccc(-c2c3n(c4ccccc24)CCC3)n1. The first-order chi connectivity index (χ1) is 17.4. The smallest absolute Gasteiger partial charge is 0.227 e. The van der Waals surface area contributed by atoms with Gasteiger partial charge < -0.3 is 30.2 Å². The zero-order chi connectivity index (χ0) is 25.4. The summed E-state index contributed by atoms with van der Waals surface area (Å²) in [6, 6.07) is 14.7. The van der Waals surface area contributed by atoms with Gasteiger partial charge >= 0.3 is 0 Å². The number of nitrogens with one attached hydrogen (secondary N) is 1. The summed E-state index contributed by atoms with van der Waals surface area (Å²) in [5, 5.41) is 4.58. The normalized spacial score (nSPS) is 13.7. The number of likely N-dealkylation sites (N-methyl/N-ethyl adjacent to an activating group) is 2. The van der Waals surface area contributed by atoms with Gasteiger partial charge in [0.15, 0.2) is 0 Å². The first-order valence-electron chi connectivity index (χ1n) is 12.4. The van der Waals surface area contributed by atoms with Gasteiger partial charge in [-0.05, 0) is 52.1 Å². The molecule has 8 nitrogen and oxygen atoms in total. The summed E-state index contributed by atoms with van der Waals surface area (Å²) in [7, 11) is 7.86. The van der Waals surface area contributed by atoms with Crippen LogP contribution in [0.2, 0.25) is 0 Å². The molecule has 0 fully saturated rings. The van der Waals surface area contributed by atoms with Gasteiger partial charge in [-0.2, -0.15) is 0 Å². The van der Waals surface area contributed by atoms with Crippen LogP contribution in [-0.2, 0) is 13.0 Å². The first kappa shape index (κ1) is 23.9. The molecular formula is C28H35N7O. The van der Waals surface area contributed by atoms with Crippen molar-refractivity contribution in [2.24, 2.45) is 0 Å². The predicted octanol–water partition coefficient (Wildman–Crippen LogP) is 4.77. The number of methoxy groups -OCH3 is 1. The molecule has 5 rings (SSSR count). The average Bonchev–Trinajstić information content (AvgIpc) is 3.44. The van der Waals surface area contributed by atoms with Gasteiger partial charge in [0.05, 0.1) is 29.9 Å². The standard InChI is InChI=1S/C28H35N7O/c1-18(17-33(2)3)34(4)25-16-26(36-5)22(15-20(25)29)32-28-30-13-12-21(31-28)27-19-9-6-7-10-23(19)35-14-8-11-24(27)35/h6-7,9-10,12-13,15-16,18H,8,11,14,17,29H2,1-5H3,(H,30,31,32). The van der Waals surface area contributed by atoms with Gasteiger partial charge in [-0.1, -0.05) is 18.2 Å². The molecule has 1 unspecified atom stereocenters. The number of para-hydroxylation sites is 1. The molecule has 1 atom stereocenters. The van der Waals surface area contributed by atoms with Crippen molar-refractivity contribution in [2.45, 2.75) is 32.4 Å². The highest BCUT2D eigenvalue weighted by atomic mass is 16.5. The highest BCUT2D eigenvalue weighted by Gasteiger charge is 2.23. The third-order valence-electron chi connectivity index (χ3n) is 7.05. The Bertz CT molecular complexity index is 1390. The van der Waals surface area contributed by atoms with Crippen LogP contribution in [-0.4, -0.2) is 60.3 Å². The van der Waals surface area contributed by atoms with E-state index in [0.717, 1.165) is 43.0 Å². The number of anilines is 4. The van der Waals surface area contributed by atoms with Gasteiger partial charge in [-0.15, -0.1) is 0 Å². The van der Waals surface area contributed by atoms with E-state index in [1.54, 1.807) is 13.3 Å². The highest BCUT2D eigenvalue weighted by Crippen LogP contribution is 2.39. The molecule has 1 aliphatic rings. The van der Waals surface area contributed by atoms with E-state index >= 15 is 0 Å². The second-order valence-electron chi connectivity index (χ2n) is 9.82. The van der Waals surface area contributed by atoms with E-state index in [1.165, 1.54) is 22.2 Å². The van der Waals surface area contributed by atoms with Crippen LogP contribution in [0.25, 0.3) is 22.2 Å². The quantitative estimate of drug-likeness (QED) is 0.348. The first-order valence-corrected chi connectivity index (χ1v) is 12.4. The minimum absolute atomic E-state index is 0.282. The van der Waals surface area contributed by atoms with E-state index in [-0.39, 0.29) is 6.04 Å². The Morgan fingerprint density at radius 2 is 1.97 bits per heavy atom. The minimum Gasteiger partial charge on any atom is -0.494 e. The molecule has 0 aliphatic carbocycles. The number of hydrogen-bond donors (Lipinski definition) is 2. The fourth-order valence-corrected chi connectivity index (χ4v) is 5.29. The Hall–Kier alpha value is -3.78. The molecule has 0 bridgehead atoms. The Kier molecular flexibility index (Phi) is 6.45. The van der Waals surface area contributed by atoms with E-state index in [0.29, 0.717) is 17.4 Å². The summed E-state index contributed by atoms with van der Waals surface area (Å²) in [4.78, 5) is 13.8. The van der Waals surface area contributed by atoms with Crippen molar-refractivity contribution in [2.75, 3.05) is 50.7 Å². The Balaban J connectivity index is 1.48. The lowest BCUT2D eigenvalue weighted by molar-refractivity contribution is 0.377. The van der Waals surface area contributed by atoms with Crippen LogP contribution in [0.15, 0.2) is 48.7 Å². The maximum Gasteiger partial charge on any atom is 0.227 e. The van der Waals surface area contributed by atoms with Crippen molar-refractivity contribution in [3.8, 4) is 17.0 Å². The number of fused-ring (bicyclic) bond motifs is 3. The number of rotatable bonds is 8. The maximum atomic E-state index is 6.50. The molecule has 4 aromatic rings. The topological polar surface area (TPSA) is 84.5 Å². The molecule has 1 aliphatic heterocycles. The van der Waals surface area contributed by atoms with Crippen LogP contribution in [0.4, 0.5) is 23.0 Å². The van der Waals surface area contributed by atoms with E-state index in [9.17, 15) is 0 Å². The van der Waals surface area contributed by atoms with Gasteiger partial charge in [0, 0.05) is 60.6 Å². The van der Waals surface area contributed by atoms with E-state index in [4.69, 9.17) is 15.5 Å². The molecule has 3 heterocycles. The van der Waals surface area contributed by atoms with Gasteiger partial charge in [0.25, 0.3) is 0 Å². The number of nitrogens with two attached hydrogens (primary N) is 1. The number of hydrogen-bond acceptors (Lipinski definition) is 7. The highest BCUT2D eigenvalue weighted by molar-refractivity contribution is 5.97. The van der Waals surface area contributed by atoms with Crippen molar-refractivity contribution in [3.05, 3.63) is 54.4 Å². The van der Waals surface area contributed by atoms with Crippen LogP contribution in [0.3, 0.4) is 0 Å². The number of aromatic nitrogens is 3. The lowest BCUT2D eigenvalue weighted by Gasteiger charge is -2.30. The lowest BCUT2D eigenvalue weighted by Crippen LogP contribution is -2.37. The minimum atomic E-state index is 0.282. The summed E-state index contributed by atoms with van der Waals surface area (Å²) in [6.07, 6.45) is 4.02. The molecule has 0 spiro atoms. The molecule has 8 heteroatoms. The van der Waals surface area contributed by atoms with Gasteiger partial charge in [-0.3, -0.25) is 0 Å². The monoisotopic (exact) mass is 485 g/mol. The van der Waals surface area contributed by atoms with E-state index in [2.05, 4.69) is 77.0 Å². The summed E-state index contributed by atoms with van der Waals surface area (Å²) in [6.45, 7) is 4.15. The molecule has 0 amide bonds. The number of nitrogen functional groups attached to an aromatic ring is 1. The van der Waals surface area contributed by atoms with E-state index < -0.39 is 0 Å². The van der Waals surface area contributed by atoms with Crippen LogP contribution in [0, 0.1) is 0 Å². The van der Waals surface area contributed by atoms with Crippen LogP contribution in [0.1, 0.15) is 19.0 Å². The van der Waals surface area contributed by atoms with Gasteiger partial charge in [0.2, 0.25) is 5.95 Å². The summed E-state index contributed by atoms with van der Waals surface area (Å²) >= 11 is 0. The molecule has 2 aromatic carbocycles. The third-order valence-corrected chi connectivity index (χ3v) is 7.05. The zero-order valence-corrected chi connectivity index (χ0v) is 21.7. The maximum absolute atomic E-state index is 6.50. The molecule has 3 N–H and O–H groups in total. The second-order valence-corrected chi connectivity index (χ2v) is 9.82. The number of ether oxygens (including phenoxy) is 1. The summed E-state index contributed by atoms with van der Waals surface area (Å²) in [5.74, 6) is 1.20. The van der Waals surface area contributed by atoms with Crippen molar-refractivity contribution in [1.29, 1.82) is 0 Å². The predicted molar refractivity (Wildman–Crippen MR) is 148 cm³/mol. The van der Waals surface area contributed by atoms with Crippen molar-refractivity contribution < 1.29 is 4.74 Å². The van der Waals surface area contributed by atoms with Crippen molar-refractivity contribution in [1.82, 2.24) is 19.4 Å². The Labute approximate surface area is 212 Å². The lowest BCUT2D eigenvalue weighted by atomic mass is 10.1.